The van der Waals surface area contributed by atoms with Gasteiger partial charge in [0.15, 0.2) is 0 Å². The van der Waals surface area contributed by atoms with Crippen molar-refractivity contribution < 1.29 is 0 Å². The van der Waals surface area contributed by atoms with E-state index in [1.54, 1.807) is 18.2 Å². The van der Waals surface area contributed by atoms with E-state index >= 15 is 0 Å². The monoisotopic (exact) mass is 217 g/mol. The lowest BCUT2D eigenvalue weighted by atomic mass is 10.4. The van der Waals surface area contributed by atoms with Crippen molar-refractivity contribution in [2.45, 2.75) is 12.8 Å². The Balaban J connectivity index is 0.000000145. The maximum absolute atomic E-state index is 5.56. The number of hydrogen-bond donors (Lipinski definition) is 1. The highest BCUT2D eigenvalue weighted by atomic mass is 35.5. The van der Waals surface area contributed by atoms with E-state index < -0.39 is 0 Å². The minimum absolute atomic E-state index is 0.678. The molecule has 0 spiro atoms. The van der Waals surface area contributed by atoms with Crippen molar-refractivity contribution in [1.29, 1.82) is 0 Å². The summed E-state index contributed by atoms with van der Waals surface area (Å²) < 4.78 is 0. The maximum atomic E-state index is 5.56. The summed E-state index contributed by atoms with van der Waals surface area (Å²) in [6.45, 7) is 2.50. The smallest absolute Gasteiger partial charge is 0.0420 e. The van der Waals surface area contributed by atoms with E-state index in [9.17, 15) is 0 Å². The van der Waals surface area contributed by atoms with Gasteiger partial charge in [-0.15, -0.1) is 0 Å². The van der Waals surface area contributed by atoms with Crippen molar-refractivity contribution in [3.8, 4) is 0 Å². The molecule has 0 atom stereocenters. The fourth-order valence-corrected chi connectivity index (χ4v) is 1.52. The van der Waals surface area contributed by atoms with Crippen LogP contribution in [0.4, 0.5) is 0 Å². The summed E-state index contributed by atoms with van der Waals surface area (Å²) in [5.74, 6) is 0. The van der Waals surface area contributed by atoms with E-state index in [1.807, 2.05) is 6.07 Å². The first-order chi connectivity index (χ1) is 6.29. The van der Waals surface area contributed by atoms with Gasteiger partial charge >= 0.3 is 0 Å². The fraction of sp³-hybridized carbons (Fsp3) is 0.400. The zero-order valence-electron chi connectivity index (χ0n) is 7.39. The highest BCUT2D eigenvalue weighted by Crippen LogP contribution is 2.13. The van der Waals surface area contributed by atoms with Gasteiger partial charge in [-0.3, -0.25) is 0 Å². The molecule has 0 saturated carbocycles. The van der Waals surface area contributed by atoms with Gasteiger partial charge in [-0.2, -0.15) is 0 Å². The average Bonchev–Trinajstić information content (AvgIpc) is 2.59. The standard InChI is InChI=1S/C6H4Cl2.C4H9N/c7-5-2-1-3-6(8)4-5;1-2-4-5-3-1/h1-4H;5H,1-4H2. The van der Waals surface area contributed by atoms with E-state index in [4.69, 9.17) is 23.2 Å². The number of hydrogen-bond acceptors (Lipinski definition) is 1. The van der Waals surface area contributed by atoms with Crippen molar-refractivity contribution >= 4 is 23.2 Å². The quantitative estimate of drug-likeness (QED) is 0.703. The third-order valence-electron chi connectivity index (χ3n) is 1.74. The van der Waals surface area contributed by atoms with Crippen LogP contribution in [0, 0.1) is 0 Å². The van der Waals surface area contributed by atoms with Crippen LogP contribution in [-0.4, -0.2) is 13.1 Å². The SMILES string of the molecule is C1CCNC1.Clc1cccc(Cl)c1. The second-order valence-electron chi connectivity index (χ2n) is 2.90. The molecular formula is C10H13Cl2N. The van der Waals surface area contributed by atoms with Gasteiger partial charge in [-0.25, -0.2) is 0 Å². The zero-order valence-corrected chi connectivity index (χ0v) is 8.91. The van der Waals surface area contributed by atoms with Crippen LogP contribution in [0.15, 0.2) is 24.3 Å². The Hall–Kier alpha value is -0.240. The van der Waals surface area contributed by atoms with Gasteiger partial charge in [0.25, 0.3) is 0 Å². The summed E-state index contributed by atoms with van der Waals surface area (Å²) in [5, 5.41) is 4.58. The summed E-state index contributed by atoms with van der Waals surface area (Å²) >= 11 is 11.1. The molecule has 1 N–H and O–H groups in total. The molecule has 1 saturated heterocycles. The largest absolute Gasteiger partial charge is 0.317 e. The fourth-order valence-electron chi connectivity index (χ4n) is 1.08. The van der Waals surface area contributed by atoms with Gasteiger partial charge in [0.1, 0.15) is 0 Å². The van der Waals surface area contributed by atoms with Crippen LogP contribution in [0.5, 0.6) is 0 Å². The molecular weight excluding hydrogens is 205 g/mol. The second-order valence-corrected chi connectivity index (χ2v) is 3.77. The topological polar surface area (TPSA) is 12.0 Å². The Morgan fingerprint density at radius 2 is 1.54 bits per heavy atom. The van der Waals surface area contributed by atoms with E-state index in [-0.39, 0.29) is 0 Å². The number of benzene rings is 1. The molecule has 0 radical (unpaired) electrons. The summed E-state index contributed by atoms with van der Waals surface area (Å²) in [4.78, 5) is 0. The zero-order chi connectivity index (χ0) is 9.52. The molecule has 1 aliphatic rings. The molecule has 0 unspecified atom stereocenters. The third kappa shape index (κ3) is 5.14. The van der Waals surface area contributed by atoms with Gasteiger partial charge in [0.05, 0.1) is 0 Å². The molecule has 1 fully saturated rings. The van der Waals surface area contributed by atoms with Crippen molar-refractivity contribution in [2.75, 3.05) is 13.1 Å². The molecule has 0 aliphatic carbocycles. The van der Waals surface area contributed by atoms with Crippen molar-refractivity contribution in [1.82, 2.24) is 5.32 Å². The molecule has 13 heavy (non-hydrogen) atoms. The molecule has 0 aromatic heterocycles. The summed E-state index contributed by atoms with van der Waals surface area (Å²) in [7, 11) is 0. The Labute approximate surface area is 89.0 Å². The average molecular weight is 218 g/mol. The predicted octanol–water partition coefficient (Wildman–Crippen LogP) is 3.36. The van der Waals surface area contributed by atoms with Gasteiger partial charge in [0.2, 0.25) is 0 Å². The second kappa shape index (κ2) is 6.25. The molecule has 1 nitrogen and oxygen atoms in total. The lowest BCUT2D eigenvalue weighted by molar-refractivity contribution is 0.857. The minimum atomic E-state index is 0.678. The van der Waals surface area contributed by atoms with E-state index in [0.29, 0.717) is 10.0 Å². The summed E-state index contributed by atoms with van der Waals surface area (Å²) in [6.07, 6.45) is 2.78. The Kier molecular flexibility index (Phi) is 5.21. The van der Waals surface area contributed by atoms with E-state index in [0.717, 1.165) is 0 Å². The van der Waals surface area contributed by atoms with Crippen LogP contribution in [-0.2, 0) is 0 Å². The highest BCUT2D eigenvalue weighted by molar-refractivity contribution is 6.34. The molecule has 1 aliphatic heterocycles. The first-order valence-corrected chi connectivity index (χ1v) is 5.16. The van der Waals surface area contributed by atoms with Crippen LogP contribution in [0.3, 0.4) is 0 Å². The number of nitrogens with one attached hydrogen (secondary N) is 1. The first-order valence-electron chi connectivity index (χ1n) is 4.41. The van der Waals surface area contributed by atoms with Crippen molar-refractivity contribution in [2.24, 2.45) is 0 Å². The molecule has 3 heteroatoms. The minimum Gasteiger partial charge on any atom is -0.317 e. The number of rotatable bonds is 0. The van der Waals surface area contributed by atoms with Crippen LogP contribution < -0.4 is 5.32 Å². The van der Waals surface area contributed by atoms with Crippen LogP contribution in [0.25, 0.3) is 0 Å². The maximum Gasteiger partial charge on any atom is 0.0420 e. The summed E-state index contributed by atoms with van der Waals surface area (Å²) in [6, 6.07) is 7.08. The molecule has 1 aromatic rings. The molecule has 1 heterocycles. The Morgan fingerprint density at radius 1 is 1.00 bits per heavy atom. The van der Waals surface area contributed by atoms with Gasteiger partial charge in [0, 0.05) is 10.0 Å². The Bertz CT molecular complexity index is 222. The lowest BCUT2D eigenvalue weighted by Crippen LogP contribution is -2.03. The van der Waals surface area contributed by atoms with E-state index in [2.05, 4.69) is 5.32 Å². The van der Waals surface area contributed by atoms with Gasteiger partial charge in [-0.1, -0.05) is 29.3 Å². The summed E-state index contributed by atoms with van der Waals surface area (Å²) in [5.41, 5.74) is 0. The normalized spacial score (nSPS) is 14.9. The highest BCUT2D eigenvalue weighted by Gasteiger charge is 1.93. The molecule has 0 amide bonds. The van der Waals surface area contributed by atoms with Crippen LogP contribution in [0.2, 0.25) is 10.0 Å². The predicted molar refractivity (Wildman–Crippen MR) is 58.6 cm³/mol. The third-order valence-corrected chi connectivity index (χ3v) is 2.21. The lowest BCUT2D eigenvalue weighted by Gasteiger charge is -1.86. The van der Waals surface area contributed by atoms with Gasteiger partial charge < -0.3 is 5.32 Å². The molecule has 0 bridgehead atoms. The molecule has 72 valence electrons. The van der Waals surface area contributed by atoms with Crippen LogP contribution in [0.1, 0.15) is 12.8 Å². The van der Waals surface area contributed by atoms with Crippen LogP contribution >= 0.6 is 23.2 Å². The van der Waals surface area contributed by atoms with Gasteiger partial charge in [-0.05, 0) is 44.1 Å². The van der Waals surface area contributed by atoms with Crippen molar-refractivity contribution in [3.05, 3.63) is 34.3 Å². The van der Waals surface area contributed by atoms with Crippen molar-refractivity contribution in [3.63, 3.8) is 0 Å². The number of halogens is 2. The Morgan fingerprint density at radius 3 is 1.77 bits per heavy atom. The molecule has 2 rings (SSSR count). The molecule has 1 aromatic carbocycles. The van der Waals surface area contributed by atoms with E-state index in [1.165, 1.54) is 25.9 Å². The first kappa shape index (κ1) is 10.8.